The number of alkyl halides is 3. The molecule has 0 aliphatic heterocycles. The predicted octanol–water partition coefficient (Wildman–Crippen LogP) is 3.86. The van der Waals surface area contributed by atoms with Crippen molar-refractivity contribution < 1.29 is 30.7 Å². The van der Waals surface area contributed by atoms with Crippen LogP contribution in [0.25, 0.3) is 11.1 Å². The summed E-state index contributed by atoms with van der Waals surface area (Å²) in [5, 5.41) is 0. The quantitative estimate of drug-likeness (QED) is 0.405. The Labute approximate surface area is 153 Å². The minimum absolute atomic E-state index is 1.04. The standard InChI is InChI=1S/C15H17BrN.CHF3O3S/c1-4-12-9-17(3)10-14(15(12)16)13-7-5-6-11(2)8-13;2-1(3,4)8(5,6)7/h5-10H,4H2,1-3H3;(H,5,6,7)/q+1;/p-1. The van der Waals surface area contributed by atoms with E-state index in [4.69, 9.17) is 13.0 Å². The second-order valence-corrected chi connectivity index (χ2v) is 7.46. The summed E-state index contributed by atoms with van der Waals surface area (Å²) < 4.78 is 62.2. The zero-order chi connectivity index (χ0) is 19.4. The molecular weight excluding hydrogens is 423 g/mol. The molecule has 0 spiro atoms. The van der Waals surface area contributed by atoms with Crippen LogP contribution < -0.4 is 4.57 Å². The third-order valence-corrected chi connectivity index (χ3v) is 4.71. The van der Waals surface area contributed by atoms with E-state index in [9.17, 15) is 13.2 Å². The zero-order valence-corrected chi connectivity index (χ0v) is 16.2. The number of nitrogens with zero attached hydrogens (tertiary/aromatic N) is 1. The number of rotatable bonds is 2. The van der Waals surface area contributed by atoms with E-state index in [-0.39, 0.29) is 0 Å². The molecule has 0 aliphatic rings. The molecule has 0 atom stereocenters. The van der Waals surface area contributed by atoms with Gasteiger partial charge in [-0.25, -0.2) is 13.0 Å². The van der Waals surface area contributed by atoms with Crippen molar-refractivity contribution in [3.05, 3.63) is 52.3 Å². The average molecular weight is 440 g/mol. The van der Waals surface area contributed by atoms with E-state index >= 15 is 0 Å². The number of benzene rings is 1. The van der Waals surface area contributed by atoms with Crippen LogP contribution in [0.1, 0.15) is 18.1 Å². The van der Waals surface area contributed by atoms with Crippen LogP contribution in [0.5, 0.6) is 0 Å². The van der Waals surface area contributed by atoms with Crippen LogP contribution in [0.3, 0.4) is 0 Å². The fraction of sp³-hybridized carbons (Fsp3) is 0.312. The molecule has 0 aliphatic carbocycles. The van der Waals surface area contributed by atoms with E-state index in [0.29, 0.717) is 0 Å². The average Bonchev–Trinajstić information content (AvgIpc) is 2.47. The van der Waals surface area contributed by atoms with Gasteiger partial charge in [0.05, 0.1) is 5.56 Å². The van der Waals surface area contributed by atoms with Crippen LogP contribution in [-0.2, 0) is 23.6 Å². The third-order valence-electron chi connectivity index (χ3n) is 3.20. The van der Waals surface area contributed by atoms with Gasteiger partial charge in [-0.1, -0.05) is 36.8 Å². The topological polar surface area (TPSA) is 61.1 Å². The maximum atomic E-state index is 10.7. The fourth-order valence-electron chi connectivity index (χ4n) is 2.03. The lowest BCUT2D eigenvalue weighted by molar-refractivity contribution is -0.671. The van der Waals surface area contributed by atoms with E-state index in [1.165, 1.54) is 26.7 Å². The summed E-state index contributed by atoms with van der Waals surface area (Å²) in [6, 6.07) is 8.61. The van der Waals surface area contributed by atoms with E-state index < -0.39 is 15.6 Å². The van der Waals surface area contributed by atoms with Gasteiger partial charge in [-0.3, -0.25) is 0 Å². The number of pyridine rings is 1. The number of aromatic nitrogens is 1. The van der Waals surface area contributed by atoms with Gasteiger partial charge in [0.25, 0.3) is 0 Å². The van der Waals surface area contributed by atoms with Crippen LogP contribution >= 0.6 is 15.9 Å². The van der Waals surface area contributed by atoms with Crippen molar-refractivity contribution in [2.75, 3.05) is 0 Å². The molecular formula is C16H17BrF3NO3S. The molecule has 0 saturated carbocycles. The molecule has 0 unspecified atom stereocenters. The van der Waals surface area contributed by atoms with Crippen LogP contribution in [0, 0.1) is 6.92 Å². The largest absolute Gasteiger partial charge is 0.741 e. The summed E-state index contributed by atoms with van der Waals surface area (Å²) in [6.07, 6.45) is 5.37. The highest BCUT2D eigenvalue weighted by molar-refractivity contribution is 9.10. The van der Waals surface area contributed by atoms with Crippen molar-refractivity contribution in [2.24, 2.45) is 7.05 Å². The number of aryl methyl sites for hydroxylation is 3. The first kappa shape index (κ1) is 21.6. The van der Waals surface area contributed by atoms with Crippen LogP contribution in [-0.4, -0.2) is 18.5 Å². The molecule has 25 heavy (non-hydrogen) atoms. The lowest BCUT2D eigenvalue weighted by Gasteiger charge is -2.08. The van der Waals surface area contributed by atoms with Crippen molar-refractivity contribution >= 4 is 26.0 Å². The van der Waals surface area contributed by atoms with Crippen LogP contribution in [0.4, 0.5) is 13.2 Å². The van der Waals surface area contributed by atoms with Crippen molar-refractivity contribution in [2.45, 2.75) is 25.8 Å². The Morgan fingerprint density at radius 3 is 2.24 bits per heavy atom. The first-order valence-electron chi connectivity index (χ1n) is 7.13. The number of hydrogen-bond acceptors (Lipinski definition) is 3. The Morgan fingerprint density at radius 1 is 1.24 bits per heavy atom. The normalized spacial score (nSPS) is 11.7. The summed E-state index contributed by atoms with van der Waals surface area (Å²) in [6.45, 7) is 4.31. The number of hydrogen-bond donors (Lipinski definition) is 0. The van der Waals surface area contributed by atoms with Crippen molar-refractivity contribution in [3.63, 3.8) is 0 Å². The number of halogens is 4. The molecule has 1 aromatic heterocycles. The van der Waals surface area contributed by atoms with Crippen molar-refractivity contribution in [3.8, 4) is 11.1 Å². The Kier molecular flexibility index (Phi) is 7.16. The zero-order valence-electron chi connectivity index (χ0n) is 13.8. The maximum absolute atomic E-state index is 10.7. The van der Waals surface area contributed by atoms with Gasteiger partial charge >= 0.3 is 5.51 Å². The highest BCUT2D eigenvalue weighted by atomic mass is 79.9. The van der Waals surface area contributed by atoms with Gasteiger partial charge in [0, 0.05) is 10.0 Å². The molecule has 0 N–H and O–H groups in total. The second-order valence-electron chi connectivity index (χ2n) is 5.30. The van der Waals surface area contributed by atoms with Crippen LogP contribution in [0.15, 0.2) is 41.1 Å². The lowest BCUT2D eigenvalue weighted by atomic mass is 10.0. The van der Waals surface area contributed by atoms with Gasteiger partial charge in [0.15, 0.2) is 22.5 Å². The summed E-state index contributed by atoms with van der Waals surface area (Å²) in [5.41, 5.74) is -0.490. The van der Waals surface area contributed by atoms with Gasteiger partial charge in [-0.05, 0) is 34.8 Å². The predicted molar refractivity (Wildman–Crippen MR) is 90.6 cm³/mol. The summed E-state index contributed by atoms with van der Waals surface area (Å²) >= 11 is 3.72. The van der Waals surface area contributed by atoms with E-state index in [0.717, 1.165) is 6.42 Å². The minimum Gasteiger partial charge on any atom is -0.741 e. The highest BCUT2D eigenvalue weighted by Gasteiger charge is 2.36. The van der Waals surface area contributed by atoms with Gasteiger partial charge in [0.1, 0.15) is 7.05 Å². The van der Waals surface area contributed by atoms with Gasteiger partial charge in [-0.15, -0.1) is 0 Å². The molecule has 1 aromatic carbocycles. The molecule has 0 radical (unpaired) electrons. The molecule has 4 nitrogen and oxygen atoms in total. The smallest absolute Gasteiger partial charge is 0.485 e. The SMILES string of the molecule is CCc1c[n+](C)cc(-c2cccc(C)c2)c1Br.O=S(=O)([O-])C(F)(F)F. The summed E-state index contributed by atoms with van der Waals surface area (Å²) in [7, 11) is -4.02. The molecule has 2 aromatic rings. The highest BCUT2D eigenvalue weighted by Crippen LogP contribution is 2.30. The van der Waals surface area contributed by atoms with Gasteiger partial charge in [0.2, 0.25) is 0 Å². The molecule has 1 heterocycles. The Bertz CT molecular complexity index is 852. The molecule has 2 rings (SSSR count). The minimum atomic E-state index is -6.09. The molecule has 0 bridgehead atoms. The monoisotopic (exact) mass is 439 g/mol. The summed E-state index contributed by atoms with van der Waals surface area (Å²) in [5.74, 6) is 0. The molecule has 138 valence electrons. The van der Waals surface area contributed by atoms with Gasteiger partial charge in [-0.2, -0.15) is 13.2 Å². The van der Waals surface area contributed by atoms with Crippen LogP contribution in [0.2, 0.25) is 0 Å². The first-order valence-corrected chi connectivity index (χ1v) is 9.33. The van der Waals surface area contributed by atoms with Crippen molar-refractivity contribution in [1.29, 1.82) is 0 Å². The molecule has 0 saturated heterocycles. The lowest BCUT2D eigenvalue weighted by Crippen LogP contribution is -2.28. The fourth-order valence-corrected chi connectivity index (χ4v) is 2.75. The van der Waals surface area contributed by atoms with Gasteiger partial charge < -0.3 is 4.55 Å². The van der Waals surface area contributed by atoms with E-state index in [1.807, 2.05) is 0 Å². The van der Waals surface area contributed by atoms with Crippen molar-refractivity contribution in [1.82, 2.24) is 0 Å². The Morgan fingerprint density at radius 2 is 1.80 bits per heavy atom. The Hall–Kier alpha value is -1.45. The molecule has 9 heteroatoms. The second kappa shape index (κ2) is 8.29. The molecule has 0 amide bonds. The van der Waals surface area contributed by atoms with E-state index in [1.54, 1.807) is 0 Å². The molecule has 0 fully saturated rings. The maximum Gasteiger partial charge on any atom is 0.485 e. The third kappa shape index (κ3) is 6.09. The summed E-state index contributed by atoms with van der Waals surface area (Å²) in [4.78, 5) is 0. The Balaban J connectivity index is 0.000000333. The van der Waals surface area contributed by atoms with E-state index in [2.05, 4.69) is 78.1 Å². The first-order chi connectivity index (χ1) is 11.4.